The van der Waals surface area contributed by atoms with Crippen molar-refractivity contribution in [2.45, 2.75) is 13.8 Å². The van der Waals surface area contributed by atoms with Crippen LogP contribution in [0.5, 0.6) is 0 Å². The maximum absolute atomic E-state index is 4.41. The van der Waals surface area contributed by atoms with E-state index in [1.165, 1.54) is 0 Å². The lowest BCUT2D eigenvalue weighted by molar-refractivity contribution is 1.20. The van der Waals surface area contributed by atoms with Gasteiger partial charge >= 0.3 is 0 Å². The van der Waals surface area contributed by atoms with E-state index in [-0.39, 0.29) is 0 Å². The molecule has 2 aromatic rings. The van der Waals surface area contributed by atoms with Crippen LogP contribution < -0.4 is 10.6 Å². The van der Waals surface area contributed by atoms with Crippen LogP contribution in [0.2, 0.25) is 0 Å². The van der Waals surface area contributed by atoms with Gasteiger partial charge in [0.25, 0.3) is 0 Å². The minimum atomic E-state index is 0.904. The van der Waals surface area contributed by atoms with Crippen LogP contribution in [0.3, 0.4) is 0 Å². The summed E-state index contributed by atoms with van der Waals surface area (Å²) in [6, 6.07) is 8.30. The predicted molar refractivity (Wildman–Crippen MR) is 70.1 cm³/mol. The zero-order chi connectivity index (χ0) is 11.4. The van der Waals surface area contributed by atoms with E-state index in [4.69, 9.17) is 0 Å². The molecule has 0 aliphatic heterocycles. The standard InChI is InChI=1S/C13H17N3/c1-3-14-11-8-10-6-5-7-16-13(10)12(9-11)15-4-2/h5-9,14-15H,3-4H2,1-2H3. The summed E-state index contributed by atoms with van der Waals surface area (Å²) in [6.07, 6.45) is 1.83. The normalized spacial score (nSPS) is 10.4. The molecule has 0 amide bonds. The molecule has 0 fully saturated rings. The van der Waals surface area contributed by atoms with Crippen LogP contribution in [0, 0.1) is 0 Å². The van der Waals surface area contributed by atoms with Gasteiger partial charge in [0.05, 0.1) is 11.2 Å². The summed E-state index contributed by atoms with van der Waals surface area (Å²) in [6.45, 7) is 6.02. The summed E-state index contributed by atoms with van der Waals surface area (Å²) in [5.74, 6) is 0. The Morgan fingerprint density at radius 1 is 1.12 bits per heavy atom. The zero-order valence-corrected chi connectivity index (χ0v) is 9.75. The molecule has 0 saturated carbocycles. The fourth-order valence-electron chi connectivity index (χ4n) is 1.82. The van der Waals surface area contributed by atoms with Gasteiger partial charge in [-0.1, -0.05) is 6.07 Å². The zero-order valence-electron chi connectivity index (χ0n) is 9.75. The van der Waals surface area contributed by atoms with E-state index in [9.17, 15) is 0 Å². The van der Waals surface area contributed by atoms with Gasteiger partial charge in [-0.25, -0.2) is 0 Å². The number of nitrogens with zero attached hydrogens (tertiary/aromatic N) is 1. The highest BCUT2D eigenvalue weighted by Crippen LogP contribution is 2.26. The summed E-state index contributed by atoms with van der Waals surface area (Å²) in [4.78, 5) is 4.41. The van der Waals surface area contributed by atoms with E-state index in [0.717, 1.165) is 35.4 Å². The average molecular weight is 215 g/mol. The molecule has 1 aromatic heterocycles. The highest BCUT2D eigenvalue weighted by atomic mass is 14.9. The number of fused-ring (bicyclic) bond motifs is 1. The lowest BCUT2D eigenvalue weighted by atomic mass is 10.1. The third-order valence-electron chi connectivity index (χ3n) is 2.45. The molecule has 2 rings (SSSR count). The molecule has 0 radical (unpaired) electrons. The van der Waals surface area contributed by atoms with Crippen molar-refractivity contribution in [3.63, 3.8) is 0 Å². The van der Waals surface area contributed by atoms with E-state index < -0.39 is 0 Å². The second-order valence-corrected chi connectivity index (χ2v) is 3.66. The molecule has 0 aliphatic carbocycles. The van der Waals surface area contributed by atoms with Crippen molar-refractivity contribution in [3.8, 4) is 0 Å². The summed E-state index contributed by atoms with van der Waals surface area (Å²) >= 11 is 0. The molecule has 1 aromatic carbocycles. The predicted octanol–water partition coefficient (Wildman–Crippen LogP) is 3.10. The van der Waals surface area contributed by atoms with Crippen molar-refractivity contribution < 1.29 is 0 Å². The maximum atomic E-state index is 4.41. The summed E-state index contributed by atoms with van der Waals surface area (Å²) in [7, 11) is 0. The number of hydrogen-bond acceptors (Lipinski definition) is 3. The largest absolute Gasteiger partial charge is 0.385 e. The number of hydrogen-bond donors (Lipinski definition) is 2. The number of nitrogens with one attached hydrogen (secondary N) is 2. The van der Waals surface area contributed by atoms with E-state index in [1.54, 1.807) is 0 Å². The Bertz CT molecular complexity index is 480. The van der Waals surface area contributed by atoms with Crippen molar-refractivity contribution in [3.05, 3.63) is 30.5 Å². The van der Waals surface area contributed by atoms with Crippen molar-refractivity contribution in [2.24, 2.45) is 0 Å². The Kier molecular flexibility index (Phi) is 3.25. The molecule has 84 valence electrons. The molecule has 0 unspecified atom stereocenters. The van der Waals surface area contributed by atoms with Gasteiger partial charge in [0.1, 0.15) is 0 Å². The van der Waals surface area contributed by atoms with Gasteiger partial charge in [-0.3, -0.25) is 4.98 Å². The molecule has 3 nitrogen and oxygen atoms in total. The lowest BCUT2D eigenvalue weighted by Crippen LogP contribution is -2.01. The van der Waals surface area contributed by atoms with Gasteiger partial charge in [0.2, 0.25) is 0 Å². The van der Waals surface area contributed by atoms with Gasteiger partial charge in [-0.05, 0) is 32.0 Å². The number of anilines is 2. The maximum Gasteiger partial charge on any atom is 0.0934 e. The van der Waals surface area contributed by atoms with Gasteiger partial charge < -0.3 is 10.6 Å². The quantitative estimate of drug-likeness (QED) is 0.823. The fourth-order valence-corrected chi connectivity index (χ4v) is 1.82. The number of benzene rings is 1. The minimum absolute atomic E-state index is 0.904. The number of rotatable bonds is 4. The van der Waals surface area contributed by atoms with Gasteiger partial charge in [0.15, 0.2) is 0 Å². The summed E-state index contributed by atoms with van der Waals surface area (Å²) < 4.78 is 0. The summed E-state index contributed by atoms with van der Waals surface area (Å²) in [5, 5.41) is 7.84. The molecule has 0 spiro atoms. The SMILES string of the molecule is CCNc1cc(NCC)c2ncccc2c1. The molecule has 3 heteroatoms. The van der Waals surface area contributed by atoms with Crippen LogP contribution in [0.1, 0.15) is 13.8 Å². The van der Waals surface area contributed by atoms with E-state index in [1.807, 2.05) is 12.3 Å². The Balaban J connectivity index is 2.54. The molecule has 0 bridgehead atoms. The van der Waals surface area contributed by atoms with Crippen molar-refractivity contribution in [2.75, 3.05) is 23.7 Å². The molecule has 0 aliphatic rings. The number of pyridine rings is 1. The van der Waals surface area contributed by atoms with Crippen LogP contribution in [0.25, 0.3) is 10.9 Å². The molecule has 2 N–H and O–H groups in total. The van der Waals surface area contributed by atoms with Crippen molar-refractivity contribution in [1.29, 1.82) is 0 Å². The van der Waals surface area contributed by atoms with Crippen LogP contribution in [0.15, 0.2) is 30.5 Å². The first kappa shape index (κ1) is 10.7. The van der Waals surface area contributed by atoms with E-state index in [0.29, 0.717) is 0 Å². The molecule has 0 saturated heterocycles. The Morgan fingerprint density at radius 2 is 1.94 bits per heavy atom. The van der Waals surface area contributed by atoms with E-state index in [2.05, 4.69) is 47.7 Å². The first-order valence-corrected chi connectivity index (χ1v) is 5.71. The first-order valence-electron chi connectivity index (χ1n) is 5.71. The van der Waals surface area contributed by atoms with Gasteiger partial charge in [-0.2, -0.15) is 0 Å². The van der Waals surface area contributed by atoms with Crippen LogP contribution in [-0.2, 0) is 0 Å². The third kappa shape index (κ3) is 2.08. The number of aromatic nitrogens is 1. The first-order chi connectivity index (χ1) is 7.85. The topological polar surface area (TPSA) is 37.0 Å². The fraction of sp³-hybridized carbons (Fsp3) is 0.308. The Labute approximate surface area is 95.9 Å². The van der Waals surface area contributed by atoms with Gasteiger partial charge in [0, 0.05) is 30.4 Å². The molecule has 16 heavy (non-hydrogen) atoms. The lowest BCUT2D eigenvalue weighted by Gasteiger charge is -2.11. The Morgan fingerprint density at radius 3 is 2.69 bits per heavy atom. The molecule has 0 atom stereocenters. The van der Waals surface area contributed by atoms with E-state index >= 15 is 0 Å². The summed E-state index contributed by atoms with van der Waals surface area (Å²) in [5.41, 5.74) is 3.27. The molecular formula is C13H17N3. The molecular weight excluding hydrogens is 198 g/mol. The second-order valence-electron chi connectivity index (χ2n) is 3.66. The Hall–Kier alpha value is -1.77. The van der Waals surface area contributed by atoms with Crippen molar-refractivity contribution in [1.82, 2.24) is 4.98 Å². The highest BCUT2D eigenvalue weighted by molar-refractivity contribution is 5.93. The van der Waals surface area contributed by atoms with Crippen LogP contribution >= 0.6 is 0 Å². The van der Waals surface area contributed by atoms with Crippen LogP contribution in [0.4, 0.5) is 11.4 Å². The highest BCUT2D eigenvalue weighted by Gasteiger charge is 2.03. The smallest absolute Gasteiger partial charge is 0.0934 e. The van der Waals surface area contributed by atoms with Gasteiger partial charge in [-0.15, -0.1) is 0 Å². The minimum Gasteiger partial charge on any atom is -0.385 e. The molecule has 1 heterocycles. The van der Waals surface area contributed by atoms with Crippen molar-refractivity contribution >= 4 is 22.3 Å². The second kappa shape index (κ2) is 4.84. The third-order valence-corrected chi connectivity index (χ3v) is 2.45. The monoisotopic (exact) mass is 215 g/mol. The average Bonchev–Trinajstić information content (AvgIpc) is 2.30. The van der Waals surface area contributed by atoms with Crippen LogP contribution in [-0.4, -0.2) is 18.1 Å².